The topological polar surface area (TPSA) is 47.6 Å². The Bertz CT molecular complexity index is 727. The molecule has 0 bridgehead atoms. The Kier molecular flexibility index (Phi) is 8.25. The summed E-state index contributed by atoms with van der Waals surface area (Å²) in [5, 5.41) is 2.29. The van der Waals surface area contributed by atoms with E-state index in [1.807, 2.05) is 31.2 Å². The molecule has 0 aliphatic rings. The molecule has 4 nitrogen and oxygen atoms in total. The minimum atomic E-state index is -0.469. The maximum Gasteiger partial charge on any atom is 0.237 e. The molecule has 1 amide bonds. The lowest BCUT2D eigenvalue weighted by Gasteiger charge is -2.13. The second kappa shape index (κ2) is 10.4. The second-order valence-corrected chi connectivity index (χ2v) is 7.74. The van der Waals surface area contributed by atoms with Crippen LogP contribution >= 0.6 is 27.7 Å². The zero-order valence-electron chi connectivity index (χ0n) is 14.6. The smallest absolute Gasteiger partial charge is 0.237 e. The van der Waals surface area contributed by atoms with Gasteiger partial charge in [0, 0.05) is 10.2 Å². The quantitative estimate of drug-likeness (QED) is 0.548. The SMILES string of the molecule is CCOc1ccc(OCCSC(C)C(=O)Nc2ccc(Br)cc2F)cc1. The zero-order chi connectivity index (χ0) is 18.9. The van der Waals surface area contributed by atoms with Crippen LogP contribution in [0.1, 0.15) is 13.8 Å². The number of ether oxygens (including phenoxy) is 2. The number of hydrogen-bond acceptors (Lipinski definition) is 4. The molecule has 7 heteroatoms. The molecule has 0 saturated carbocycles. The van der Waals surface area contributed by atoms with Crippen molar-refractivity contribution in [3.63, 3.8) is 0 Å². The molecule has 0 spiro atoms. The first kappa shape index (κ1) is 20.6. The third-order valence-corrected chi connectivity index (χ3v) is 5.02. The standard InChI is InChI=1S/C19H21BrFNO3S/c1-3-24-15-5-7-16(8-6-15)25-10-11-26-13(2)19(23)22-18-9-4-14(20)12-17(18)21/h4-9,12-13H,3,10-11H2,1-2H3,(H,22,23). The van der Waals surface area contributed by atoms with Crippen molar-refractivity contribution in [1.82, 2.24) is 0 Å². The predicted octanol–water partition coefficient (Wildman–Crippen LogP) is 5.13. The molecule has 1 atom stereocenters. The van der Waals surface area contributed by atoms with Crippen LogP contribution in [0.2, 0.25) is 0 Å². The molecule has 0 saturated heterocycles. The monoisotopic (exact) mass is 441 g/mol. The Morgan fingerprint density at radius 3 is 2.46 bits per heavy atom. The van der Waals surface area contributed by atoms with Crippen molar-refractivity contribution in [3.05, 3.63) is 52.8 Å². The molecule has 0 aromatic heterocycles. The van der Waals surface area contributed by atoms with E-state index in [2.05, 4.69) is 21.2 Å². The van der Waals surface area contributed by atoms with E-state index in [-0.39, 0.29) is 16.8 Å². The molecule has 1 N–H and O–H groups in total. The van der Waals surface area contributed by atoms with Gasteiger partial charge in [0.05, 0.1) is 24.2 Å². The summed E-state index contributed by atoms with van der Waals surface area (Å²) in [7, 11) is 0. The lowest BCUT2D eigenvalue weighted by Crippen LogP contribution is -2.24. The highest BCUT2D eigenvalue weighted by Gasteiger charge is 2.15. The van der Waals surface area contributed by atoms with Crippen LogP contribution in [-0.4, -0.2) is 30.1 Å². The number of thioether (sulfide) groups is 1. The highest BCUT2D eigenvalue weighted by molar-refractivity contribution is 9.10. The van der Waals surface area contributed by atoms with Crippen molar-refractivity contribution in [1.29, 1.82) is 0 Å². The van der Waals surface area contributed by atoms with Gasteiger partial charge in [0.1, 0.15) is 17.3 Å². The average Bonchev–Trinajstić information content (AvgIpc) is 2.62. The van der Waals surface area contributed by atoms with Gasteiger partial charge in [-0.3, -0.25) is 4.79 Å². The van der Waals surface area contributed by atoms with Gasteiger partial charge in [0.25, 0.3) is 0 Å². The summed E-state index contributed by atoms with van der Waals surface area (Å²) in [4.78, 5) is 12.1. The molecule has 0 aliphatic carbocycles. The fourth-order valence-corrected chi connectivity index (χ4v) is 3.16. The number of halogens is 2. The van der Waals surface area contributed by atoms with E-state index in [9.17, 15) is 9.18 Å². The van der Waals surface area contributed by atoms with Crippen LogP contribution in [0.15, 0.2) is 46.9 Å². The molecule has 2 rings (SSSR count). The first-order valence-electron chi connectivity index (χ1n) is 8.22. The Hall–Kier alpha value is -1.73. The summed E-state index contributed by atoms with van der Waals surface area (Å²) < 4.78 is 25.4. The highest BCUT2D eigenvalue weighted by atomic mass is 79.9. The van der Waals surface area contributed by atoms with Crippen LogP contribution in [-0.2, 0) is 4.79 Å². The zero-order valence-corrected chi connectivity index (χ0v) is 17.0. The van der Waals surface area contributed by atoms with Gasteiger partial charge >= 0.3 is 0 Å². The van der Waals surface area contributed by atoms with Crippen LogP contribution in [0.25, 0.3) is 0 Å². The van der Waals surface area contributed by atoms with Crippen LogP contribution in [0.5, 0.6) is 11.5 Å². The number of carbonyl (C=O) groups excluding carboxylic acids is 1. The maximum atomic E-state index is 13.8. The van der Waals surface area contributed by atoms with Crippen molar-refractivity contribution >= 4 is 39.3 Å². The van der Waals surface area contributed by atoms with Crippen molar-refractivity contribution < 1.29 is 18.7 Å². The summed E-state index contributed by atoms with van der Waals surface area (Å²) in [5.41, 5.74) is 0.177. The normalized spacial score (nSPS) is 11.7. The number of amides is 1. The number of anilines is 1. The predicted molar refractivity (Wildman–Crippen MR) is 108 cm³/mol. The first-order chi connectivity index (χ1) is 12.5. The molecular weight excluding hydrogens is 421 g/mol. The summed E-state index contributed by atoms with van der Waals surface area (Å²) in [6, 6.07) is 11.9. The Labute approximate surface area is 165 Å². The Morgan fingerprint density at radius 2 is 1.85 bits per heavy atom. The van der Waals surface area contributed by atoms with Crippen LogP contribution < -0.4 is 14.8 Å². The largest absolute Gasteiger partial charge is 0.494 e. The molecule has 2 aromatic carbocycles. The molecule has 0 fully saturated rings. The summed E-state index contributed by atoms with van der Waals surface area (Å²) in [6.07, 6.45) is 0. The van der Waals surface area contributed by atoms with Gasteiger partial charge in [-0.15, -0.1) is 11.8 Å². The fraction of sp³-hybridized carbons (Fsp3) is 0.316. The van der Waals surface area contributed by atoms with Gasteiger partial charge in [-0.25, -0.2) is 4.39 Å². The third-order valence-electron chi connectivity index (χ3n) is 3.41. The molecule has 26 heavy (non-hydrogen) atoms. The Morgan fingerprint density at radius 1 is 1.19 bits per heavy atom. The van der Waals surface area contributed by atoms with Gasteiger partial charge in [0.15, 0.2) is 0 Å². The summed E-state index contributed by atoms with van der Waals surface area (Å²) in [6.45, 7) is 4.82. The van der Waals surface area contributed by atoms with Crippen molar-refractivity contribution in [2.45, 2.75) is 19.1 Å². The molecule has 1 unspecified atom stereocenters. The van der Waals surface area contributed by atoms with E-state index in [1.165, 1.54) is 23.9 Å². The Balaban J connectivity index is 1.72. The molecule has 0 radical (unpaired) electrons. The molecular formula is C19H21BrFNO3S. The number of nitrogens with one attached hydrogen (secondary N) is 1. The van der Waals surface area contributed by atoms with Crippen molar-refractivity contribution in [2.24, 2.45) is 0 Å². The minimum absolute atomic E-state index is 0.177. The minimum Gasteiger partial charge on any atom is -0.494 e. The van der Waals surface area contributed by atoms with Crippen LogP contribution in [0.3, 0.4) is 0 Å². The van der Waals surface area contributed by atoms with Gasteiger partial charge in [-0.2, -0.15) is 0 Å². The number of carbonyl (C=O) groups is 1. The first-order valence-corrected chi connectivity index (χ1v) is 10.1. The highest BCUT2D eigenvalue weighted by Crippen LogP contribution is 2.21. The molecule has 140 valence electrons. The average molecular weight is 442 g/mol. The molecule has 2 aromatic rings. The third kappa shape index (κ3) is 6.53. The maximum absolute atomic E-state index is 13.8. The van der Waals surface area contributed by atoms with Gasteiger partial charge in [-0.05, 0) is 56.3 Å². The lowest BCUT2D eigenvalue weighted by atomic mass is 10.3. The lowest BCUT2D eigenvalue weighted by molar-refractivity contribution is -0.115. The molecule has 0 aliphatic heterocycles. The van der Waals surface area contributed by atoms with Crippen molar-refractivity contribution in [2.75, 3.05) is 24.3 Å². The summed E-state index contributed by atoms with van der Waals surface area (Å²) in [5.74, 6) is 1.49. The van der Waals surface area contributed by atoms with E-state index in [0.717, 1.165) is 11.5 Å². The fourth-order valence-electron chi connectivity index (χ4n) is 2.08. The molecule has 0 heterocycles. The van der Waals surface area contributed by atoms with Gasteiger partial charge < -0.3 is 14.8 Å². The van der Waals surface area contributed by atoms with Crippen molar-refractivity contribution in [3.8, 4) is 11.5 Å². The van der Waals surface area contributed by atoms with Crippen LogP contribution in [0, 0.1) is 5.82 Å². The van der Waals surface area contributed by atoms with E-state index >= 15 is 0 Å². The van der Waals surface area contributed by atoms with E-state index in [0.29, 0.717) is 23.4 Å². The second-order valence-electron chi connectivity index (χ2n) is 5.38. The number of benzene rings is 2. The van der Waals surface area contributed by atoms with Gasteiger partial charge in [-0.1, -0.05) is 15.9 Å². The van der Waals surface area contributed by atoms with E-state index < -0.39 is 5.82 Å². The summed E-state index contributed by atoms with van der Waals surface area (Å²) >= 11 is 4.64. The number of hydrogen-bond donors (Lipinski definition) is 1. The van der Waals surface area contributed by atoms with Crippen LogP contribution in [0.4, 0.5) is 10.1 Å². The van der Waals surface area contributed by atoms with E-state index in [4.69, 9.17) is 9.47 Å². The van der Waals surface area contributed by atoms with Gasteiger partial charge in [0.2, 0.25) is 5.91 Å². The van der Waals surface area contributed by atoms with E-state index in [1.54, 1.807) is 13.0 Å². The number of rotatable bonds is 9.